The first-order valence-electron chi connectivity index (χ1n) is 2.94. The summed E-state index contributed by atoms with van der Waals surface area (Å²) in [4.78, 5) is 0. The highest BCUT2D eigenvalue weighted by atomic mass is 28.1. The molecule has 0 amide bonds. The van der Waals surface area contributed by atoms with Crippen LogP contribution in [0.3, 0.4) is 0 Å². The van der Waals surface area contributed by atoms with E-state index in [2.05, 4.69) is 27.7 Å². The Morgan fingerprint density at radius 2 is 1.43 bits per heavy atom. The van der Waals surface area contributed by atoms with Crippen LogP contribution in [0.5, 0.6) is 0 Å². The normalized spacial score (nSPS) is 17.1. The van der Waals surface area contributed by atoms with Gasteiger partial charge in [-0.1, -0.05) is 33.2 Å². The van der Waals surface area contributed by atoms with E-state index in [1.54, 1.807) is 0 Å². The molecule has 0 aromatic carbocycles. The van der Waals surface area contributed by atoms with E-state index in [9.17, 15) is 0 Å². The number of hydrogen-bond donors (Lipinski definition) is 0. The Morgan fingerprint density at radius 1 is 1.29 bits per heavy atom. The Hall–Kier alpha value is 0.217. The summed E-state index contributed by atoms with van der Waals surface area (Å²) in [7, 11) is 1.33. The predicted octanol–water partition coefficient (Wildman–Crippen LogP) is 1.21. The Morgan fingerprint density at radius 3 is 1.43 bits per heavy atom. The molecule has 0 spiro atoms. The van der Waals surface area contributed by atoms with Gasteiger partial charge in [0.25, 0.3) is 0 Å². The summed E-state index contributed by atoms with van der Waals surface area (Å²) in [6.45, 7) is 9.20. The third-order valence-corrected chi connectivity index (χ3v) is 3.46. The van der Waals surface area contributed by atoms with E-state index < -0.39 is 0 Å². The van der Waals surface area contributed by atoms with Crippen molar-refractivity contribution in [2.45, 2.75) is 33.2 Å². The average Bonchev–Trinajstić information content (AvgIpc) is 1.31. The average molecular weight is 116 g/mol. The van der Waals surface area contributed by atoms with Crippen LogP contribution in [0.1, 0.15) is 27.7 Å². The van der Waals surface area contributed by atoms with Crippen molar-refractivity contribution in [1.82, 2.24) is 0 Å². The van der Waals surface area contributed by atoms with Gasteiger partial charge in [-0.05, 0) is 5.41 Å². The molecule has 1 atom stereocenters. The van der Waals surface area contributed by atoms with E-state index in [0.717, 1.165) is 5.54 Å². The fraction of sp³-hybridized carbons (Fsp3) is 1.00. The molecule has 0 aliphatic carbocycles. The zero-order chi connectivity index (χ0) is 6.08. The maximum atomic E-state index is 2.31. The van der Waals surface area contributed by atoms with Gasteiger partial charge < -0.3 is 0 Å². The lowest BCUT2D eigenvalue weighted by Gasteiger charge is -2.22. The van der Waals surface area contributed by atoms with Gasteiger partial charge >= 0.3 is 0 Å². The van der Waals surface area contributed by atoms with E-state index in [0.29, 0.717) is 5.41 Å². The van der Waals surface area contributed by atoms with E-state index in [1.807, 2.05) is 0 Å². The number of hydrogen-bond acceptors (Lipinski definition) is 0. The summed E-state index contributed by atoms with van der Waals surface area (Å²) in [5, 5.41) is 0. The molecular weight excluding hydrogens is 100 g/mol. The minimum Gasteiger partial charge on any atom is -0.0653 e. The highest BCUT2D eigenvalue weighted by Crippen LogP contribution is 2.26. The molecule has 1 unspecified atom stereocenters. The van der Waals surface area contributed by atoms with E-state index in [1.165, 1.54) is 10.2 Å². The predicted molar refractivity (Wildman–Crippen MR) is 38.8 cm³/mol. The van der Waals surface area contributed by atoms with Crippen LogP contribution in [0.25, 0.3) is 0 Å². The van der Waals surface area contributed by atoms with Crippen LogP contribution in [0.2, 0.25) is 5.54 Å². The molecule has 0 fully saturated rings. The first-order valence-corrected chi connectivity index (χ1v) is 4.10. The number of rotatable bonds is 0. The topological polar surface area (TPSA) is 0 Å². The molecule has 1 heteroatoms. The minimum atomic E-state index is 0.562. The first-order chi connectivity index (χ1) is 2.94. The first kappa shape index (κ1) is 7.22. The van der Waals surface area contributed by atoms with E-state index >= 15 is 0 Å². The van der Waals surface area contributed by atoms with E-state index in [-0.39, 0.29) is 0 Å². The standard InChI is InChI=1S/C6H16Si/c1-5(7)6(2,3)4/h5H,1-4,7H3. The zero-order valence-corrected chi connectivity index (χ0v) is 8.08. The Kier molecular flexibility index (Phi) is 2.05. The van der Waals surface area contributed by atoms with Crippen molar-refractivity contribution >= 4 is 10.2 Å². The molecule has 0 saturated heterocycles. The maximum absolute atomic E-state index is 2.31. The van der Waals surface area contributed by atoms with Crippen molar-refractivity contribution < 1.29 is 0 Å². The second-order valence-electron chi connectivity index (χ2n) is 3.52. The molecule has 0 bridgehead atoms. The van der Waals surface area contributed by atoms with Crippen molar-refractivity contribution in [3.8, 4) is 0 Å². The van der Waals surface area contributed by atoms with Gasteiger partial charge in [-0.15, -0.1) is 0 Å². The molecule has 0 nitrogen and oxygen atoms in total. The fourth-order valence-electron chi connectivity index (χ4n) is 0. The SMILES string of the molecule is CC([SiH3])C(C)(C)C. The van der Waals surface area contributed by atoms with Crippen molar-refractivity contribution in [2.24, 2.45) is 5.41 Å². The van der Waals surface area contributed by atoms with Crippen LogP contribution >= 0.6 is 0 Å². The highest BCUT2D eigenvalue weighted by molar-refractivity contribution is 6.11. The van der Waals surface area contributed by atoms with Crippen LogP contribution in [0.15, 0.2) is 0 Å². The van der Waals surface area contributed by atoms with Gasteiger partial charge in [0.05, 0.1) is 0 Å². The zero-order valence-electron chi connectivity index (χ0n) is 6.08. The van der Waals surface area contributed by atoms with Crippen LogP contribution in [-0.4, -0.2) is 10.2 Å². The van der Waals surface area contributed by atoms with Crippen molar-refractivity contribution in [2.75, 3.05) is 0 Å². The van der Waals surface area contributed by atoms with Crippen molar-refractivity contribution in [1.29, 1.82) is 0 Å². The van der Waals surface area contributed by atoms with Gasteiger partial charge in [0.15, 0.2) is 0 Å². The van der Waals surface area contributed by atoms with Crippen LogP contribution in [0.4, 0.5) is 0 Å². The lowest BCUT2D eigenvalue weighted by atomic mass is 9.93. The van der Waals surface area contributed by atoms with Gasteiger partial charge in [-0.25, -0.2) is 0 Å². The van der Waals surface area contributed by atoms with Gasteiger partial charge in [-0.3, -0.25) is 0 Å². The van der Waals surface area contributed by atoms with Crippen LogP contribution in [-0.2, 0) is 0 Å². The molecule has 0 N–H and O–H groups in total. The lowest BCUT2D eigenvalue weighted by Crippen LogP contribution is -2.10. The molecule has 0 heterocycles. The molecule has 0 aromatic heterocycles. The molecule has 0 radical (unpaired) electrons. The second-order valence-corrected chi connectivity index (χ2v) is 5.25. The molecule has 0 aromatic rings. The molecule has 0 aliphatic heterocycles. The van der Waals surface area contributed by atoms with Gasteiger partial charge in [0, 0.05) is 10.2 Å². The fourth-order valence-corrected chi connectivity index (χ4v) is 0. The second kappa shape index (κ2) is 1.99. The Labute approximate surface area is 49.7 Å². The van der Waals surface area contributed by atoms with Gasteiger partial charge in [0.1, 0.15) is 0 Å². The molecular formula is C6H16Si. The summed E-state index contributed by atoms with van der Waals surface area (Å²) in [5.41, 5.74) is 1.50. The molecule has 44 valence electrons. The van der Waals surface area contributed by atoms with E-state index in [4.69, 9.17) is 0 Å². The third-order valence-electron chi connectivity index (χ3n) is 1.73. The smallest absolute Gasteiger partial charge is 0.00704 e. The van der Waals surface area contributed by atoms with Crippen molar-refractivity contribution in [3.63, 3.8) is 0 Å². The highest BCUT2D eigenvalue weighted by Gasteiger charge is 2.13. The van der Waals surface area contributed by atoms with Crippen LogP contribution < -0.4 is 0 Å². The summed E-state index contributed by atoms with van der Waals surface area (Å²) in [5.74, 6) is 0. The third kappa shape index (κ3) is 2.86. The molecule has 0 saturated carbocycles. The maximum Gasteiger partial charge on any atom is 0.00704 e. The Bertz CT molecular complexity index is 49.7. The molecule has 7 heavy (non-hydrogen) atoms. The molecule has 0 rings (SSSR count). The van der Waals surface area contributed by atoms with Crippen LogP contribution in [0, 0.1) is 5.41 Å². The summed E-state index contributed by atoms with van der Waals surface area (Å²) in [6.07, 6.45) is 0. The molecule has 0 aliphatic rings. The summed E-state index contributed by atoms with van der Waals surface area (Å²) >= 11 is 0. The minimum absolute atomic E-state index is 0.562. The quantitative estimate of drug-likeness (QED) is 0.417. The Balaban J connectivity index is 3.54. The summed E-state index contributed by atoms with van der Waals surface area (Å²) < 4.78 is 0. The van der Waals surface area contributed by atoms with Crippen molar-refractivity contribution in [3.05, 3.63) is 0 Å². The van der Waals surface area contributed by atoms with Gasteiger partial charge in [0.2, 0.25) is 0 Å². The van der Waals surface area contributed by atoms with Gasteiger partial charge in [-0.2, -0.15) is 0 Å². The lowest BCUT2D eigenvalue weighted by molar-refractivity contribution is 0.398. The largest absolute Gasteiger partial charge is 0.0653 e. The monoisotopic (exact) mass is 116 g/mol. The summed E-state index contributed by atoms with van der Waals surface area (Å²) in [6, 6.07) is 0.